The molecule has 25 heavy (non-hydrogen) atoms. The van der Waals surface area contributed by atoms with E-state index in [1.54, 1.807) is 36.4 Å². The molecule has 3 aromatic rings. The second kappa shape index (κ2) is 7.19. The van der Waals surface area contributed by atoms with Crippen LogP contribution in [0.2, 0.25) is 5.02 Å². The Labute approximate surface area is 147 Å². The molecule has 0 unspecified atom stereocenters. The molecule has 126 valence electrons. The highest BCUT2D eigenvalue weighted by Gasteiger charge is 2.12. The van der Waals surface area contributed by atoms with E-state index in [-0.39, 0.29) is 22.3 Å². The first kappa shape index (κ1) is 16.7. The van der Waals surface area contributed by atoms with Crippen molar-refractivity contribution in [2.75, 3.05) is 10.6 Å². The molecule has 2 N–H and O–H groups in total. The maximum atomic E-state index is 13.0. The highest BCUT2D eigenvalue weighted by Crippen LogP contribution is 2.20. The van der Waals surface area contributed by atoms with Crippen LogP contribution in [0.15, 0.2) is 65.3 Å². The number of amides is 2. The molecule has 1 aromatic heterocycles. The van der Waals surface area contributed by atoms with Crippen LogP contribution in [0.4, 0.5) is 15.8 Å². The zero-order valence-corrected chi connectivity index (χ0v) is 13.5. The zero-order valence-electron chi connectivity index (χ0n) is 12.8. The molecule has 2 amide bonds. The molecular formula is C18H12ClFN2O3. The molecule has 0 fully saturated rings. The Bertz CT molecular complexity index is 909. The van der Waals surface area contributed by atoms with Gasteiger partial charge in [0.25, 0.3) is 11.8 Å². The van der Waals surface area contributed by atoms with Crippen LogP contribution in [0.25, 0.3) is 0 Å². The lowest BCUT2D eigenvalue weighted by molar-refractivity contribution is 0.0994. The van der Waals surface area contributed by atoms with Crippen molar-refractivity contribution < 1.29 is 18.4 Å². The number of anilines is 2. The lowest BCUT2D eigenvalue weighted by Crippen LogP contribution is -2.13. The van der Waals surface area contributed by atoms with Gasteiger partial charge in [-0.15, -0.1) is 0 Å². The van der Waals surface area contributed by atoms with Crippen molar-refractivity contribution in [1.29, 1.82) is 0 Å². The number of rotatable bonds is 4. The third-order valence-electron chi connectivity index (χ3n) is 3.32. The van der Waals surface area contributed by atoms with Crippen LogP contribution in [0, 0.1) is 5.82 Å². The van der Waals surface area contributed by atoms with Crippen molar-refractivity contribution in [2.24, 2.45) is 0 Å². The van der Waals surface area contributed by atoms with E-state index in [1.807, 2.05) is 0 Å². The number of carbonyl (C=O) groups excluding carboxylic acids is 2. The summed E-state index contributed by atoms with van der Waals surface area (Å²) < 4.78 is 18.0. The molecule has 0 radical (unpaired) electrons. The molecule has 0 bridgehead atoms. The Morgan fingerprint density at radius 2 is 1.56 bits per heavy atom. The van der Waals surface area contributed by atoms with Gasteiger partial charge in [0.1, 0.15) is 5.82 Å². The van der Waals surface area contributed by atoms with Gasteiger partial charge < -0.3 is 15.1 Å². The first-order valence-corrected chi connectivity index (χ1v) is 7.62. The molecule has 3 rings (SSSR count). The van der Waals surface area contributed by atoms with Gasteiger partial charge in [0.2, 0.25) is 0 Å². The molecular weight excluding hydrogens is 347 g/mol. The van der Waals surface area contributed by atoms with E-state index in [0.29, 0.717) is 11.4 Å². The minimum atomic E-state index is -0.516. The Hall–Kier alpha value is -3.12. The summed E-state index contributed by atoms with van der Waals surface area (Å²) in [5, 5.41) is 5.34. The molecule has 7 heteroatoms. The Morgan fingerprint density at radius 3 is 2.12 bits per heavy atom. The number of benzene rings is 2. The average Bonchev–Trinajstić information content (AvgIpc) is 3.11. The minimum absolute atomic E-state index is 0.0276. The van der Waals surface area contributed by atoms with Crippen LogP contribution in [-0.2, 0) is 0 Å². The van der Waals surface area contributed by atoms with Gasteiger partial charge in [0, 0.05) is 11.4 Å². The molecule has 0 aliphatic heterocycles. The summed E-state index contributed by atoms with van der Waals surface area (Å²) in [4.78, 5) is 24.0. The minimum Gasteiger partial charge on any atom is -0.459 e. The fourth-order valence-electron chi connectivity index (χ4n) is 2.11. The second-order valence-corrected chi connectivity index (χ2v) is 5.49. The lowest BCUT2D eigenvalue weighted by Gasteiger charge is -2.08. The molecule has 0 aliphatic carbocycles. The van der Waals surface area contributed by atoms with Gasteiger partial charge in [0.15, 0.2) is 5.76 Å². The molecule has 5 nitrogen and oxygen atoms in total. The van der Waals surface area contributed by atoms with Crippen molar-refractivity contribution in [3.8, 4) is 0 Å². The number of halogens is 2. The van der Waals surface area contributed by atoms with Crippen molar-refractivity contribution in [3.63, 3.8) is 0 Å². The van der Waals surface area contributed by atoms with Crippen LogP contribution < -0.4 is 10.6 Å². The third kappa shape index (κ3) is 4.05. The van der Waals surface area contributed by atoms with Gasteiger partial charge in [-0.1, -0.05) is 11.6 Å². The highest BCUT2D eigenvalue weighted by molar-refractivity contribution is 6.34. The van der Waals surface area contributed by atoms with Gasteiger partial charge >= 0.3 is 0 Å². The van der Waals surface area contributed by atoms with Crippen LogP contribution >= 0.6 is 11.6 Å². The first-order chi connectivity index (χ1) is 12.0. The molecule has 0 saturated carbocycles. The first-order valence-electron chi connectivity index (χ1n) is 7.24. The summed E-state index contributed by atoms with van der Waals surface area (Å²) >= 11 is 5.86. The average molecular weight is 359 g/mol. The fourth-order valence-corrected chi connectivity index (χ4v) is 2.36. The van der Waals surface area contributed by atoms with E-state index in [4.69, 9.17) is 16.0 Å². The number of hydrogen-bond acceptors (Lipinski definition) is 3. The van der Waals surface area contributed by atoms with Crippen molar-refractivity contribution in [1.82, 2.24) is 0 Å². The summed E-state index contributed by atoms with van der Waals surface area (Å²) in [6.45, 7) is 0. The Balaban J connectivity index is 1.66. The van der Waals surface area contributed by atoms with E-state index in [2.05, 4.69) is 10.6 Å². The van der Waals surface area contributed by atoms with Crippen molar-refractivity contribution >= 4 is 34.8 Å². The largest absolute Gasteiger partial charge is 0.459 e. The van der Waals surface area contributed by atoms with E-state index in [0.717, 1.165) is 12.1 Å². The Morgan fingerprint density at radius 1 is 0.920 bits per heavy atom. The molecule has 0 spiro atoms. The van der Waals surface area contributed by atoms with Crippen molar-refractivity contribution in [2.45, 2.75) is 0 Å². The third-order valence-corrected chi connectivity index (χ3v) is 3.63. The van der Waals surface area contributed by atoms with Crippen LogP contribution in [0.3, 0.4) is 0 Å². The molecule has 1 heterocycles. The van der Waals surface area contributed by atoms with E-state index in [1.165, 1.54) is 12.3 Å². The van der Waals surface area contributed by atoms with Crippen molar-refractivity contribution in [3.05, 3.63) is 83.0 Å². The van der Waals surface area contributed by atoms with Crippen LogP contribution in [0.1, 0.15) is 20.9 Å². The lowest BCUT2D eigenvalue weighted by atomic mass is 10.2. The standard InChI is InChI=1S/C18H12ClFN2O3/c19-15-10-11(20)3-8-14(15)17(23)21-12-4-6-13(7-5-12)22-18(24)16-2-1-9-25-16/h1-10H,(H,21,23)(H,22,24). The number of furan rings is 1. The maximum absolute atomic E-state index is 13.0. The smallest absolute Gasteiger partial charge is 0.291 e. The van der Waals surface area contributed by atoms with Gasteiger partial charge in [-0.05, 0) is 54.6 Å². The summed E-state index contributed by atoms with van der Waals surface area (Å²) in [5.41, 5.74) is 1.21. The van der Waals surface area contributed by atoms with Gasteiger partial charge in [-0.25, -0.2) is 4.39 Å². The maximum Gasteiger partial charge on any atom is 0.291 e. The predicted molar refractivity (Wildman–Crippen MR) is 92.5 cm³/mol. The Kier molecular flexibility index (Phi) is 4.81. The normalized spacial score (nSPS) is 10.3. The number of hydrogen-bond donors (Lipinski definition) is 2. The van der Waals surface area contributed by atoms with E-state index in [9.17, 15) is 14.0 Å². The van der Waals surface area contributed by atoms with E-state index >= 15 is 0 Å². The molecule has 0 atom stereocenters. The second-order valence-electron chi connectivity index (χ2n) is 5.09. The summed E-state index contributed by atoms with van der Waals surface area (Å²) in [5.74, 6) is -1.15. The monoisotopic (exact) mass is 358 g/mol. The van der Waals surface area contributed by atoms with Gasteiger partial charge in [0.05, 0.1) is 16.8 Å². The predicted octanol–water partition coefficient (Wildman–Crippen LogP) is 4.58. The SMILES string of the molecule is O=C(Nc1ccc(NC(=O)c2ccc(F)cc2Cl)cc1)c1ccco1. The quantitative estimate of drug-likeness (QED) is 0.717. The van der Waals surface area contributed by atoms with Gasteiger partial charge in [-0.3, -0.25) is 9.59 Å². The molecule has 0 aliphatic rings. The molecule has 2 aromatic carbocycles. The topological polar surface area (TPSA) is 71.3 Å². The number of nitrogens with one attached hydrogen (secondary N) is 2. The zero-order chi connectivity index (χ0) is 17.8. The van der Waals surface area contributed by atoms with Gasteiger partial charge in [-0.2, -0.15) is 0 Å². The van der Waals surface area contributed by atoms with Crippen LogP contribution in [0.5, 0.6) is 0 Å². The fraction of sp³-hybridized carbons (Fsp3) is 0. The summed E-state index contributed by atoms with van der Waals surface area (Å²) in [7, 11) is 0. The van der Waals surface area contributed by atoms with E-state index < -0.39 is 11.7 Å². The summed E-state index contributed by atoms with van der Waals surface area (Å²) in [6.07, 6.45) is 1.41. The molecule has 0 saturated heterocycles. The van der Waals surface area contributed by atoms with Crippen LogP contribution in [-0.4, -0.2) is 11.8 Å². The highest BCUT2D eigenvalue weighted by atomic mass is 35.5. The number of carbonyl (C=O) groups is 2. The summed E-state index contributed by atoms with van der Waals surface area (Å²) in [6, 6.07) is 13.2.